The topological polar surface area (TPSA) is 130 Å². The minimum atomic E-state index is -4.49. The fourth-order valence-electron chi connectivity index (χ4n) is 4.74. The zero-order valence-corrected chi connectivity index (χ0v) is 18.3. The third-order valence-electron chi connectivity index (χ3n) is 6.62. The Kier molecular flexibility index (Phi) is 7.04. The summed E-state index contributed by atoms with van der Waals surface area (Å²) in [6, 6.07) is 2.40. The molecule has 2 saturated heterocycles. The second-order valence-corrected chi connectivity index (χ2v) is 8.82. The highest BCUT2D eigenvalue weighted by molar-refractivity contribution is 5.95. The Hall–Kier alpha value is -2.66. The van der Waals surface area contributed by atoms with Crippen LogP contribution in [0, 0.1) is 0 Å². The van der Waals surface area contributed by atoms with Crippen LogP contribution in [0.15, 0.2) is 24.3 Å². The van der Waals surface area contributed by atoms with Crippen molar-refractivity contribution in [3.63, 3.8) is 0 Å². The lowest BCUT2D eigenvalue weighted by molar-refractivity contribution is -0.151. The third-order valence-corrected chi connectivity index (χ3v) is 6.62. The summed E-state index contributed by atoms with van der Waals surface area (Å²) < 4.78 is 38.7. The fraction of sp³-hybridized carbons (Fsp3) is 0.591. The molecule has 182 valence electrons. The summed E-state index contributed by atoms with van der Waals surface area (Å²) in [4.78, 5) is 41.5. The average Bonchev–Trinajstić information content (AvgIpc) is 3.40. The lowest BCUT2D eigenvalue weighted by Crippen LogP contribution is -2.62. The van der Waals surface area contributed by atoms with E-state index in [1.165, 1.54) is 28.9 Å². The van der Waals surface area contributed by atoms with Crippen molar-refractivity contribution in [1.82, 2.24) is 9.80 Å². The maximum Gasteiger partial charge on any atom is 0.416 e. The van der Waals surface area contributed by atoms with Gasteiger partial charge in [-0.25, -0.2) is 0 Å². The molecule has 2 heterocycles. The number of carbonyl (C=O) groups is 3. The maximum absolute atomic E-state index is 13.5. The number of hydrogen-bond acceptors (Lipinski definition) is 5. The van der Waals surface area contributed by atoms with E-state index >= 15 is 0 Å². The van der Waals surface area contributed by atoms with Crippen molar-refractivity contribution < 1.29 is 32.7 Å². The van der Waals surface area contributed by atoms with Crippen LogP contribution in [-0.2, 0) is 27.0 Å². The molecule has 3 amide bonds. The molecule has 2 fully saturated rings. The summed E-state index contributed by atoms with van der Waals surface area (Å²) in [7, 11) is 0. The standard InChI is InChI=1S/C22H29F3N4O4/c1-13(30)17(26)19(32)28-10-2-4-16(28)18(31)29-11-3-9-21(29,20(27)33)12-14-5-7-15(8-6-14)22(23,24)25/h5-8,13,16-17,30H,2-4,9-12,26H2,1H3,(H2,27,33). The van der Waals surface area contributed by atoms with Crippen LogP contribution < -0.4 is 11.5 Å². The van der Waals surface area contributed by atoms with Gasteiger partial charge in [0.05, 0.1) is 11.7 Å². The van der Waals surface area contributed by atoms with Crippen LogP contribution in [0.4, 0.5) is 13.2 Å². The van der Waals surface area contributed by atoms with Crippen molar-refractivity contribution >= 4 is 17.7 Å². The summed E-state index contributed by atoms with van der Waals surface area (Å²) in [5.41, 5.74) is 9.75. The highest BCUT2D eigenvalue weighted by atomic mass is 19.4. The van der Waals surface area contributed by atoms with Gasteiger partial charge in [0.25, 0.3) is 0 Å². The summed E-state index contributed by atoms with van der Waals surface area (Å²) >= 11 is 0. The van der Waals surface area contributed by atoms with E-state index in [9.17, 15) is 32.7 Å². The predicted molar refractivity (Wildman–Crippen MR) is 112 cm³/mol. The average molecular weight is 470 g/mol. The Labute approximate surface area is 189 Å². The molecular weight excluding hydrogens is 441 g/mol. The first-order valence-electron chi connectivity index (χ1n) is 10.9. The van der Waals surface area contributed by atoms with Crippen LogP contribution >= 0.6 is 0 Å². The molecule has 4 unspecified atom stereocenters. The van der Waals surface area contributed by atoms with Crippen LogP contribution in [0.5, 0.6) is 0 Å². The molecule has 0 radical (unpaired) electrons. The van der Waals surface area contributed by atoms with Crippen LogP contribution in [0.3, 0.4) is 0 Å². The van der Waals surface area contributed by atoms with Gasteiger partial charge in [-0.15, -0.1) is 0 Å². The van der Waals surface area contributed by atoms with Gasteiger partial charge < -0.3 is 26.4 Å². The first-order chi connectivity index (χ1) is 15.4. The molecule has 1 aromatic carbocycles. The van der Waals surface area contributed by atoms with Crippen molar-refractivity contribution in [2.45, 2.75) is 68.9 Å². The van der Waals surface area contributed by atoms with Crippen LogP contribution in [0.1, 0.15) is 43.7 Å². The van der Waals surface area contributed by atoms with E-state index in [1.54, 1.807) is 0 Å². The number of hydrogen-bond donors (Lipinski definition) is 3. The number of amides is 3. The number of likely N-dealkylation sites (tertiary alicyclic amines) is 2. The molecule has 1 aromatic rings. The summed E-state index contributed by atoms with van der Waals surface area (Å²) in [5.74, 6) is -1.74. The number of halogens is 3. The van der Waals surface area contributed by atoms with Crippen LogP contribution in [-0.4, -0.2) is 69.4 Å². The number of nitrogens with two attached hydrogens (primary N) is 2. The van der Waals surface area contributed by atoms with Gasteiger partial charge in [0.1, 0.15) is 17.6 Å². The van der Waals surface area contributed by atoms with Gasteiger partial charge in [-0.1, -0.05) is 12.1 Å². The molecule has 0 bridgehead atoms. The molecular formula is C22H29F3N4O4. The van der Waals surface area contributed by atoms with Crippen molar-refractivity contribution in [3.05, 3.63) is 35.4 Å². The first kappa shape index (κ1) is 25.0. The van der Waals surface area contributed by atoms with Crippen molar-refractivity contribution in [3.8, 4) is 0 Å². The summed E-state index contributed by atoms with van der Waals surface area (Å²) in [6.07, 6.45) is -3.91. The lowest BCUT2D eigenvalue weighted by atomic mass is 9.86. The number of nitrogens with zero attached hydrogens (tertiary/aromatic N) is 2. The number of aliphatic hydroxyl groups excluding tert-OH is 1. The highest BCUT2D eigenvalue weighted by Crippen LogP contribution is 2.36. The zero-order chi connectivity index (χ0) is 24.6. The van der Waals surface area contributed by atoms with Crippen molar-refractivity contribution in [2.24, 2.45) is 11.5 Å². The Morgan fingerprint density at radius 2 is 1.82 bits per heavy atom. The SMILES string of the molecule is CC(O)C(N)C(=O)N1CCCC1C(=O)N1CCCC1(Cc1ccc(C(F)(F)F)cc1)C(N)=O. The Balaban J connectivity index is 1.86. The largest absolute Gasteiger partial charge is 0.416 e. The molecule has 2 aliphatic heterocycles. The molecule has 0 aliphatic carbocycles. The number of benzene rings is 1. The second kappa shape index (κ2) is 9.30. The van der Waals surface area contributed by atoms with E-state index in [-0.39, 0.29) is 19.4 Å². The van der Waals surface area contributed by atoms with E-state index in [4.69, 9.17) is 11.5 Å². The van der Waals surface area contributed by atoms with Gasteiger partial charge in [0.2, 0.25) is 17.7 Å². The third kappa shape index (κ3) is 4.84. The molecule has 0 saturated carbocycles. The van der Waals surface area contributed by atoms with Crippen LogP contribution in [0.2, 0.25) is 0 Å². The van der Waals surface area contributed by atoms with E-state index in [1.807, 2.05) is 0 Å². The van der Waals surface area contributed by atoms with Gasteiger partial charge in [-0.3, -0.25) is 14.4 Å². The zero-order valence-electron chi connectivity index (χ0n) is 18.3. The summed E-state index contributed by atoms with van der Waals surface area (Å²) in [6.45, 7) is 1.92. The number of carbonyl (C=O) groups excluding carboxylic acids is 3. The van der Waals surface area contributed by atoms with Crippen LogP contribution in [0.25, 0.3) is 0 Å². The van der Waals surface area contributed by atoms with Gasteiger partial charge >= 0.3 is 6.18 Å². The number of alkyl halides is 3. The second-order valence-electron chi connectivity index (χ2n) is 8.82. The maximum atomic E-state index is 13.5. The van der Waals surface area contributed by atoms with E-state index in [2.05, 4.69) is 0 Å². The molecule has 3 rings (SSSR count). The summed E-state index contributed by atoms with van der Waals surface area (Å²) in [5, 5.41) is 9.68. The van der Waals surface area contributed by atoms with Crippen molar-refractivity contribution in [1.29, 1.82) is 0 Å². The van der Waals surface area contributed by atoms with Crippen molar-refractivity contribution in [2.75, 3.05) is 13.1 Å². The molecule has 4 atom stereocenters. The molecule has 0 spiro atoms. The van der Waals surface area contributed by atoms with E-state index < -0.39 is 53.2 Å². The normalized spacial score (nSPS) is 25.2. The monoisotopic (exact) mass is 470 g/mol. The highest BCUT2D eigenvalue weighted by Gasteiger charge is 2.51. The molecule has 8 nitrogen and oxygen atoms in total. The number of aliphatic hydroxyl groups is 1. The van der Waals surface area contributed by atoms with E-state index in [0.29, 0.717) is 31.4 Å². The predicted octanol–water partition coefficient (Wildman–Crippen LogP) is 0.794. The smallest absolute Gasteiger partial charge is 0.391 e. The lowest BCUT2D eigenvalue weighted by Gasteiger charge is -2.39. The number of rotatable bonds is 6. The van der Waals surface area contributed by atoms with Gasteiger partial charge in [0.15, 0.2) is 0 Å². The van der Waals surface area contributed by atoms with E-state index in [0.717, 1.165) is 12.1 Å². The first-order valence-corrected chi connectivity index (χ1v) is 10.9. The molecule has 0 aromatic heterocycles. The minimum absolute atomic E-state index is 0.0277. The fourth-order valence-corrected chi connectivity index (χ4v) is 4.74. The molecule has 33 heavy (non-hydrogen) atoms. The minimum Gasteiger partial charge on any atom is -0.391 e. The van der Waals surface area contributed by atoms with Gasteiger partial charge in [0, 0.05) is 19.5 Å². The Morgan fingerprint density at radius 3 is 2.36 bits per heavy atom. The van der Waals surface area contributed by atoms with Gasteiger partial charge in [-0.05, 0) is 50.3 Å². The van der Waals surface area contributed by atoms with Gasteiger partial charge in [-0.2, -0.15) is 13.2 Å². The number of primary amides is 1. The molecule has 2 aliphatic rings. The molecule has 11 heteroatoms. The quantitative estimate of drug-likeness (QED) is 0.566. The molecule has 5 N–H and O–H groups in total. The Morgan fingerprint density at radius 1 is 1.18 bits per heavy atom. The Bertz CT molecular complexity index is 906.